The van der Waals surface area contributed by atoms with Crippen LogP contribution in [0, 0.1) is 11.2 Å². The number of sulfonamides is 1. The third-order valence-corrected chi connectivity index (χ3v) is 10.6. The van der Waals surface area contributed by atoms with Crippen LogP contribution in [-0.2, 0) is 20.0 Å². The molecule has 198 valence electrons. The van der Waals surface area contributed by atoms with E-state index < -0.39 is 30.1 Å². The summed E-state index contributed by atoms with van der Waals surface area (Å²) in [7, 11) is -8.74. The molecule has 0 spiro atoms. The Morgan fingerprint density at radius 2 is 1.42 bits per heavy atom. The molecule has 1 aliphatic heterocycles. The van der Waals surface area contributed by atoms with E-state index in [1.54, 1.807) is 72.9 Å². The third-order valence-electron chi connectivity index (χ3n) is 6.30. The monoisotopic (exact) mass is 567 g/mol. The molecule has 0 aliphatic carbocycles. The molecule has 0 bridgehead atoms. The molecule has 2 aromatic carbocycles. The molecule has 0 atom stereocenters. The molecule has 2 aromatic heterocycles. The van der Waals surface area contributed by atoms with E-state index in [0.717, 1.165) is 24.0 Å². The molecule has 3 heterocycles. The van der Waals surface area contributed by atoms with Crippen molar-refractivity contribution in [1.82, 2.24) is 13.3 Å². The Labute approximate surface area is 225 Å². The van der Waals surface area contributed by atoms with Crippen LogP contribution >= 0.6 is 10.0 Å². The molecular formula is C28H29N3O4S3. The van der Waals surface area contributed by atoms with Gasteiger partial charge in [-0.1, -0.05) is 30.3 Å². The van der Waals surface area contributed by atoms with Crippen molar-refractivity contribution in [2.75, 3.05) is 31.9 Å². The minimum absolute atomic E-state index is 0.146. The first kappa shape index (κ1) is 26.5. The van der Waals surface area contributed by atoms with Gasteiger partial charge in [0.2, 0.25) is 10.0 Å². The van der Waals surface area contributed by atoms with Crippen LogP contribution in [0.3, 0.4) is 0 Å². The van der Waals surface area contributed by atoms with E-state index in [9.17, 15) is 16.8 Å². The summed E-state index contributed by atoms with van der Waals surface area (Å²) in [5, 5.41) is 3.84. The highest BCUT2D eigenvalue weighted by Gasteiger charge is 2.28. The molecular weight excluding hydrogens is 539 g/mol. The van der Waals surface area contributed by atoms with Crippen molar-refractivity contribution in [2.24, 2.45) is 0 Å². The highest BCUT2D eigenvalue weighted by Crippen LogP contribution is 2.35. The van der Waals surface area contributed by atoms with Gasteiger partial charge in [-0.2, -0.15) is 14.3 Å². The number of nitrogens with zero attached hydrogens (tertiary/aromatic N) is 3. The molecule has 1 saturated heterocycles. The van der Waals surface area contributed by atoms with Gasteiger partial charge in [-0.3, -0.25) is 0 Å². The molecule has 1 aliphatic rings. The SMILES string of the molecule is CS(C)(C)C#Cc1cc2c(-c3ccc(S(=O)(=O)N4CCCC4)cc3)ccnc2n1S(=O)(=O)c1ccccc1. The summed E-state index contributed by atoms with van der Waals surface area (Å²) in [6.07, 6.45) is 9.43. The Balaban J connectivity index is 1.67. The molecule has 0 radical (unpaired) electrons. The summed E-state index contributed by atoms with van der Waals surface area (Å²) in [5.74, 6) is 3.10. The maximum Gasteiger partial charge on any atom is 0.270 e. The number of hydrogen-bond donors (Lipinski definition) is 0. The molecule has 0 saturated carbocycles. The fourth-order valence-electron chi connectivity index (χ4n) is 4.44. The predicted molar refractivity (Wildman–Crippen MR) is 154 cm³/mol. The van der Waals surface area contributed by atoms with Crippen LogP contribution in [0.5, 0.6) is 0 Å². The van der Waals surface area contributed by atoms with Crippen molar-refractivity contribution in [2.45, 2.75) is 22.6 Å². The first-order chi connectivity index (χ1) is 18.0. The number of fused-ring (bicyclic) bond motifs is 1. The lowest BCUT2D eigenvalue weighted by Gasteiger charge is -2.15. The van der Waals surface area contributed by atoms with Crippen LogP contribution in [0.15, 0.2) is 82.7 Å². The van der Waals surface area contributed by atoms with E-state index in [4.69, 9.17) is 0 Å². The molecule has 4 aromatic rings. The van der Waals surface area contributed by atoms with Crippen molar-refractivity contribution in [1.29, 1.82) is 0 Å². The second kappa shape index (κ2) is 9.89. The number of pyridine rings is 1. The van der Waals surface area contributed by atoms with Gasteiger partial charge in [0.15, 0.2) is 5.65 Å². The Bertz CT molecular complexity index is 1770. The topological polar surface area (TPSA) is 89.3 Å². The fraction of sp³-hybridized carbons (Fsp3) is 0.250. The minimum atomic E-state index is -3.98. The number of aromatic nitrogens is 2. The largest absolute Gasteiger partial charge is 0.270 e. The van der Waals surface area contributed by atoms with Gasteiger partial charge in [0, 0.05) is 24.7 Å². The molecule has 10 heteroatoms. The second-order valence-electron chi connectivity index (χ2n) is 9.91. The minimum Gasteiger partial charge on any atom is -0.237 e. The van der Waals surface area contributed by atoms with Gasteiger partial charge >= 0.3 is 0 Å². The molecule has 1 fully saturated rings. The summed E-state index contributed by atoms with van der Waals surface area (Å²) >= 11 is 0. The quantitative estimate of drug-likeness (QED) is 0.326. The smallest absolute Gasteiger partial charge is 0.237 e. The van der Waals surface area contributed by atoms with Crippen LogP contribution in [0.1, 0.15) is 18.5 Å². The van der Waals surface area contributed by atoms with Crippen LogP contribution in [-0.4, -0.2) is 62.0 Å². The first-order valence-corrected chi connectivity index (χ1v) is 17.8. The van der Waals surface area contributed by atoms with Gasteiger partial charge in [0.05, 0.1) is 9.79 Å². The summed E-state index contributed by atoms with van der Waals surface area (Å²) in [6, 6.07) is 18.5. The molecule has 38 heavy (non-hydrogen) atoms. The first-order valence-electron chi connectivity index (χ1n) is 12.1. The van der Waals surface area contributed by atoms with Crippen LogP contribution in [0.4, 0.5) is 0 Å². The average Bonchev–Trinajstić information content (AvgIpc) is 3.56. The zero-order valence-corrected chi connectivity index (χ0v) is 23.9. The van der Waals surface area contributed by atoms with Gasteiger partial charge in [-0.05, 0) is 90.3 Å². The summed E-state index contributed by atoms with van der Waals surface area (Å²) in [5.41, 5.74) is 2.11. The highest BCUT2D eigenvalue weighted by molar-refractivity contribution is 8.36. The Kier molecular flexibility index (Phi) is 6.90. The average molecular weight is 568 g/mol. The van der Waals surface area contributed by atoms with Crippen molar-refractivity contribution < 1.29 is 16.8 Å². The van der Waals surface area contributed by atoms with Gasteiger partial charge in [0.25, 0.3) is 10.0 Å². The molecule has 0 N–H and O–H groups in total. The lowest BCUT2D eigenvalue weighted by Crippen LogP contribution is -2.27. The van der Waals surface area contributed by atoms with Gasteiger partial charge < -0.3 is 0 Å². The Morgan fingerprint density at radius 1 is 0.789 bits per heavy atom. The van der Waals surface area contributed by atoms with Crippen LogP contribution in [0.2, 0.25) is 0 Å². The molecule has 7 nitrogen and oxygen atoms in total. The normalized spacial score (nSPS) is 15.3. The Hall–Kier alpha value is -3.10. The van der Waals surface area contributed by atoms with E-state index in [1.807, 2.05) is 18.8 Å². The van der Waals surface area contributed by atoms with E-state index in [0.29, 0.717) is 24.2 Å². The van der Waals surface area contributed by atoms with Crippen molar-refractivity contribution >= 4 is 41.1 Å². The standard InChI is InChI=1S/C28H29N3O4S3/c1-36(2,3)20-16-23-21-27-26(22-11-13-25(14-12-22)37(32,33)30-18-7-8-19-30)15-17-29-28(27)31(23)38(34,35)24-9-5-4-6-10-24/h4-6,9-15,17,21H,7-8,18-19H2,1-3H3. The van der Waals surface area contributed by atoms with Crippen molar-refractivity contribution in [3.8, 4) is 22.3 Å². The lowest BCUT2D eigenvalue weighted by atomic mass is 10.0. The van der Waals surface area contributed by atoms with Crippen molar-refractivity contribution in [3.05, 3.63) is 78.6 Å². The highest BCUT2D eigenvalue weighted by atomic mass is 32.3. The molecule has 0 unspecified atom stereocenters. The van der Waals surface area contributed by atoms with E-state index >= 15 is 0 Å². The zero-order valence-electron chi connectivity index (χ0n) is 21.5. The van der Waals surface area contributed by atoms with E-state index in [-0.39, 0.29) is 15.4 Å². The van der Waals surface area contributed by atoms with Crippen LogP contribution in [0.25, 0.3) is 22.2 Å². The second-order valence-corrected chi connectivity index (χ2v) is 17.5. The third kappa shape index (κ3) is 4.99. The summed E-state index contributed by atoms with van der Waals surface area (Å²) in [4.78, 5) is 4.85. The molecule has 0 amide bonds. The number of hydrogen-bond acceptors (Lipinski definition) is 5. The van der Waals surface area contributed by atoms with Gasteiger partial charge in [0.1, 0.15) is 5.69 Å². The van der Waals surface area contributed by atoms with Gasteiger partial charge in [-0.15, -0.1) is 0 Å². The van der Waals surface area contributed by atoms with E-state index in [2.05, 4.69) is 16.2 Å². The molecule has 5 rings (SSSR count). The number of rotatable bonds is 5. The Morgan fingerprint density at radius 3 is 2.05 bits per heavy atom. The zero-order chi connectivity index (χ0) is 27.1. The maximum absolute atomic E-state index is 13.8. The predicted octanol–water partition coefficient (Wildman–Crippen LogP) is 4.73. The fourth-order valence-corrected chi connectivity index (χ4v) is 7.82. The van der Waals surface area contributed by atoms with E-state index in [1.165, 1.54) is 8.28 Å². The maximum atomic E-state index is 13.8. The van der Waals surface area contributed by atoms with Crippen LogP contribution < -0.4 is 0 Å². The van der Waals surface area contributed by atoms with Gasteiger partial charge in [-0.25, -0.2) is 25.8 Å². The summed E-state index contributed by atoms with van der Waals surface area (Å²) in [6.45, 7) is 1.08. The van der Waals surface area contributed by atoms with Crippen molar-refractivity contribution in [3.63, 3.8) is 0 Å². The lowest BCUT2D eigenvalue weighted by molar-refractivity contribution is 0.477. The number of benzene rings is 2. The summed E-state index contributed by atoms with van der Waals surface area (Å²) < 4.78 is 56.2.